The zero-order valence-electron chi connectivity index (χ0n) is 18.9. The number of nitro groups is 1. The van der Waals surface area contributed by atoms with Crippen LogP contribution in [0.4, 0.5) is 34.9 Å². The van der Waals surface area contributed by atoms with Gasteiger partial charge in [-0.1, -0.05) is 6.07 Å². The summed E-state index contributed by atoms with van der Waals surface area (Å²) in [5.74, 6) is 0.819. The number of nitro benzene ring substituents is 1. The maximum Gasteiger partial charge on any atom is 0.269 e. The summed E-state index contributed by atoms with van der Waals surface area (Å²) in [6.07, 6.45) is 1.56. The molecule has 0 bridgehead atoms. The van der Waals surface area contributed by atoms with Gasteiger partial charge in [-0.15, -0.1) is 0 Å². The Balaban J connectivity index is 1.59. The third kappa shape index (κ3) is 6.26. The number of rotatable bonds is 8. The Morgan fingerprint density at radius 1 is 0.829 bits per heavy atom. The standard InChI is InChI=1S/C24H22N8O3/c1-15-3-6-19(13-16(15)2)27-23-28-22(26-18-7-9-20(10-8-18)32(34)35)29-24(30-23)31-25-14-17-4-11-21(33)12-5-17/h3-14,33H,1-2H3,(H3,26,27,28,29,30,31)/b25-14+. The molecule has 0 saturated heterocycles. The summed E-state index contributed by atoms with van der Waals surface area (Å²) in [6.45, 7) is 4.04. The summed E-state index contributed by atoms with van der Waals surface area (Å²) in [7, 11) is 0. The van der Waals surface area contributed by atoms with Crippen LogP contribution in [0.3, 0.4) is 0 Å². The van der Waals surface area contributed by atoms with E-state index in [4.69, 9.17) is 0 Å². The highest BCUT2D eigenvalue weighted by Crippen LogP contribution is 2.22. The first-order chi connectivity index (χ1) is 16.9. The van der Waals surface area contributed by atoms with Crippen molar-refractivity contribution in [3.8, 4) is 5.75 Å². The molecule has 0 saturated carbocycles. The van der Waals surface area contributed by atoms with Crippen LogP contribution in [0.1, 0.15) is 16.7 Å². The van der Waals surface area contributed by atoms with Gasteiger partial charge in [0.15, 0.2) is 0 Å². The van der Waals surface area contributed by atoms with Crippen molar-refractivity contribution in [2.24, 2.45) is 5.10 Å². The number of hydrogen-bond donors (Lipinski definition) is 4. The number of nitrogens with zero attached hydrogens (tertiary/aromatic N) is 5. The predicted molar refractivity (Wildman–Crippen MR) is 135 cm³/mol. The number of phenolic OH excluding ortho intramolecular Hbond substituents is 1. The van der Waals surface area contributed by atoms with Crippen LogP contribution >= 0.6 is 0 Å². The molecule has 0 amide bonds. The van der Waals surface area contributed by atoms with E-state index in [0.717, 1.165) is 22.4 Å². The highest BCUT2D eigenvalue weighted by Gasteiger charge is 2.10. The largest absolute Gasteiger partial charge is 0.508 e. The molecule has 35 heavy (non-hydrogen) atoms. The van der Waals surface area contributed by atoms with E-state index in [1.165, 1.54) is 12.1 Å². The first-order valence-corrected chi connectivity index (χ1v) is 10.6. The van der Waals surface area contributed by atoms with E-state index < -0.39 is 4.92 Å². The van der Waals surface area contributed by atoms with Gasteiger partial charge < -0.3 is 15.7 Å². The molecule has 0 unspecified atom stereocenters. The van der Waals surface area contributed by atoms with Crippen molar-refractivity contribution in [3.05, 3.63) is 93.5 Å². The van der Waals surface area contributed by atoms with E-state index in [1.54, 1.807) is 42.6 Å². The number of hydrogen-bond acceptors (Lipinski definition) is 10. The molecule has 11 heteroatoms. The molecule has 11 nitrogen and oxygen atoms in total. The van der Waals surface area contributed by atoms with Gasteiger partial charge in [0.05, 0.1) is 11.1 Å². The molecule has 0 aliphatic carbocycles. The zero-order valence-corrected chi connectivity index (χ0v) is 18.9. The lowest BCUT2D eigenvalue weighted by Crippen LogP contribution is -2.07. The lowest BCUT2D eigenvalue weighted by atomic mass is 10.1. The summed E-state index contributed by atoms with van der Waals surface area (Å²) in [4.78, 5) is 23.6. The van der Waals surface area contributed by atoms with E-state index in [-0.39, 0.29) is 29.3 Å². The number of anilines is 5. The number of hydrazone groups is 1. The molecule has 0 atom stereocenters. The van der Waals surface area contributed by atoms with Crippen LogP contribution in [0.25, 0.3) is 0 Å². The molecular weight excluding hydrogens is 448 g/mol. The van der Waals surface area contributed by atoms with E-state index in [9.17, 15) is 15.2 Å². The fourth-order valence-electron chi connectivity index (χ4n) is 3.01. The van der Waals surface area contributed by atoms with Crippen LogP contribution in [0.5, 0.6) is 5.75 Å². The van der Waals surface area contributed by atoms with Gasteiger partial charge in [-0.25, -0.2) is 5.43 Å². The summed E-state index contributed by atoms with van der Waals surface area (Å²) >= 11 is 0. The third-order valence-electron chi connectivity index (χ3n) is 5.00. The van der Waals surface area contributed by atoms with Crippen molar-refractivity contribution in [2.45, 2.75) is 13.8 Å². The molecule has 0 spiro atoms. The molecule has 4 aromatic rings. The number of aryl methyl sites for hydroxylation is 2. The zero-order chi connectivity index (χ0) is 24.8. The summed E-state index contributed by atoms with van der Waals surface area (Å²) < 4.78 is 0. The van der Waals surface area contributed by atoms with Crippen molar-refractivity contribution in [2.75, 3.05) is 16.1 Å². The molecular formula is C24H22N8O3. The monoisotopic (exact) mass is 470 g/mol. The van der Waals surface area contributed by atoms with Crippen molar-refractivity contribution in [1.29, 1.82) is 0 Å². The van der Waals surface area contributed by atoms with Gasteiger partial charge >= 0.3 is 0 Å². The van der Waals surface area contributed by atoms with Crippen LogP contribution < -0.4 is 16.1 Å². The highest BCUT2D eigenvalue weighted by molar-refractivity contribution is 5.80. The average Bonchev–Trinajstić information content (AvgIpc) is 2.83. The lowest BCUT2D eigenvalue weighted by Gasteiger charge is -2.11. The molecule has 4 rings (SSSR count). The average molecular weight is 470 g/mol. The van der Waals surface area contributed by atoms with Gasteiger partial charge in [0, 0.05) is 23.5 Å². The maximum absolute atomic E-state index is 10.9. The normalized spacial score (nSPS) is 10.8. The van der Waals surface area contributed by atoms with E-state index >= 15 is 0 Å². The smallest absolute Gasteiger partial charge is 0.269 e. The SMILES string of the molecule is Cc1ccc(Nc2nc(N/N=C/c3ccc(O)cc3)nc(Nc3ccc([N+](=O)[O-])cc3)n2)cc1C. The number of benzene rings is 3. The Kier molecular flexibility index (Phi) is 6.77. The molecule has 4 N–H and O–H groups in total. The second-order valence-corrected chi connectivity index (χ2v) is 7.62. The van der Waals surface area contributed by atoms with E-state index in [1.807, 2.05) is 32.0 Å². The molecule has 3 aromatic carbocycles. The summed E-state index contributed by atoms with van der Waals surface area (Å²) in [6, 6.07) is 18.3. The van der Waals surface area contributed by atoms with Gasteiger partial charge in [0.1, 0.15) is 5.75 Å². The van der Waals surface area contributed by atoms with Crippen LogP contribution in [0.2, 0.25) is 0 Å². The van der Waals surface area contributed by atoms with Gasteiger partial charge in [-0.2, -0.15) is 20.1 Å². The minimum absolute atomic E-state index is 0.0192. The molecule has 1 aromatic heterocycles. The fourth-order valence-corrected chi connectivity index (χ4v) is 3.01. The number of non-ortho nitro benzene ring substituents is 1. The minimum atomic E-state index is -0.466. The van der Waals surface area contributed by atoms with Gasteiger partial charge in [-0.05, 0) is 79.1 Å². The van der Waals surface area contributed by atoms with Crippen LogP contribution in [-0.4, -0.2) is 31.2 Å². The predicted octanol–water partition coefficient (Wildman–Crippen LogP) is 5.04. The number of phenols is 1. The van der Waals surface area contributed by atoms with Gasteiger partial charge in [0.2, 0.25) is 17.8 Å². The summed E-state index contributed by atoms with van der Waals surface area (Å²) in [5, 5.41) is 30.7. The van der Waals surface area contributed by atoms with Gasteiger partial charge in [-0.3, -0.25) is 10.1 Å². The number of aromatic nitrogens is 3. The van der Waals surface area contributed by atoms with Crippen LogP contribution in [-0.2, 0) is 0 Å². The first-order valence-electron chi connectivity index (χ1n) is 10.6. The number of nitrogens with one attached hydrogen (secondary N) is 3. The Bertz CT molecular complexity index is 1370. The van der Waals surface area contributed by atoms with Crippen molar-refractivity contribution < 1.29 is 10.0 Å². The first kappa shape index (κ1) is 23.1. The molecule has 0 radical (unpaired) electrons. The maximum atomic E-state index is 10.9. The molecule has 0 aliphatic rings. The van der Waals surface area contributed by atoms with E-state index in [2.05, 4.69) is 36.1 Å². The quantitative estimate of drug-likeness (QED) is 0.158. The van der Waals surface area contributed by atoms with Crippen molar-refractivity contribution >= 4 is 41.1 Å². The van der Waals surface area contributed by atoms with Crippen molar-refractivity contribution in [1.82, 2.24) is 15.0 Å². The lowest BCUT2D eigenvalue weighted by molar-refractivity contribution is -0.384. The highest BCUT2D eigenvalue weighted by atomic mass is 16.6. The molecule has 176 valence electrons. The molecule has 1 heterocycles. The minimum Gasteiger partial charge on any atom is -0.508 e. The fraction of sp³-hybridized carbons (Fsp3) is 0.0833. The molecule has 0 aliphatic heterocycles. The van der Waals surface area contributed by atoms with Crippen molar-refractivity contribution in [3.63, 3.8) is 0 Å². The van der Waals surface area contributed by atoms with E-state index in [0.29, 0.717) is 5.69 Å². The molecule has 0 fully saturated rings. The Morgan fingerprint density at radius 2 is 1.43 bits per heavy atom. The second kappa shape index (κ2) is 10.3. The second-order valence-electron chi connectivity index (χ2n) is 7.62. The third-order valence-corrected chi connectivity index (χ3v) is 5.00. The Morgan fingerprint density at radius 3 is 2.06 bits per heavy atom. The Hall–Kier alpha value is -5.06. The van der Waals surface area contributed by atoms with Gasteiger partial charge in [0.25, 0.3) is 5.69 Å². The topological polar surface area (TPSA) is 150 Å². The Labute approximate surface area is 200 Å². The van der Waals surface area contributed by atoms with Crippen LogP contribution in [0, 0.1) is 24.0 Å². The summed E-state index contributed by atoms with van der Waals surface area (Å²) in [5.41, 5.74) is 7.18. The number of aromatic hydroxyl groups is 1. The van der Waals surface area contributed by atoms with Crippen LogP contribution in [0.15, 0.2) is 71.8 Å².